The van der Waals surface area contributed by atoms with Gasteiger partial charge in [0.15, 0.2) is 0 Å². The molecule has 0 spiro atoms. The fraction of sp³-hybridized carbons (Fsp3) is 0.125. The van der Waals surface area contributed by atoms with E-state index in [-0.39, 0.29) is 70.6 Å². The molecule has 0 saturated heterocycles. The largest absolute Gasteiger partial charge is 1.00 e. The summed E-state index contributed by atoms with van der Waals surface area (Å²) in [5.41, 5.74) is 9.05. The molecule has 0 aliphatic carbocycles. The van der Waals surface area contributed by atoms with E-state index >= 15 is 0 Å². The molecule has 3 N–H and O–H groups in total. The van der Waals surface area contributed by atoms with Gasteiger partial charge in [0.25, 0.3) is 10.1 Å². The Labute approximate surface area is 337 Å². The van der Waals surface area contributed by atoms with E-state index in [0.29, 0.717) is 39.7 Å². The Kier molecular flexibility index (Phi) is 13.8. The first-order valence-corrected chi connectivity index (χ1v) is 16.8. The van der Waals surface area contributed by atoms with Crippen LogP contribution in [0.2, 0.25) is 0 Å². The zero-order valence-corrected chi connectivity index (χ0v) is 33.9. The Morgan fingerprint density at radius 3 is 1.67 bits per heavy atom. The van der Waals surface area contributed by atoms with Crippen molar-refractivity contribution in [2.45, 2.75) is 16.7 Å². The third-order valence-corrected chi connectivity index (χ3v) is 9.11. The molecular formula is C32H27N5Na2O10S2. The van der Waals surface area contributed by atoms with Gasteiger partial charge in [0.05, 0.1) is 43.3 Å². The average molecular weight is 752 g/mol. The number of aryl methyl sites for hydroxylation is 1. The number of benzene rings is 5. The Hall–Kier alpha value is -3.62. The molecule has 5 aromatic rings. The van der Waals surface area contributed by atoms with Crippen LogP contribution in [0.5, 0.6) is 23.0 Å². The first kappa shape index (κ1) is 41.8. The van der Waals surface area contributed by atoms with Crippen molar-refractivity contribution in [2.24, 2.45) is 20.5 Å². The van der Waals surface area contributed by atoms with E-state index < -0.39 is 52.2 Å². The molecule has 15 nitrogen and oxygen atoms in total. The van der Waals surface area contributed by atoms with Gasteiger partial charge in [-0.3, -0.25) is 4.55 Å². The molecule has 0 bridgehead atoms. The van der Waals surface area contributed by atoms with Gasteiger partial charge in [0.1, 0.15) is 43.6 Å². The molecule has 5 aromatic carbocycles. The predicted molar refractivity (Wildman–Crippen MR) is 177 cm³/mol. The molecule has 0 atom stereocenters. The van der Waals surface area contributed by atoms with Crippen molar-refractivity contribution in [3.63, 3.8) is 0 Å². The zero-order chi connectivity index (χ0) is 35.7. The maximum absolute atomic E-state index is 13.3. The molecule has 0 saturated carbocycles. The van der Waals surface area contributed by atoms with E-state index in [4.69, 9.17) is 19.9 Å². The maximum Gasteiger partial charge on any atom is 1.00 e. The molecule has 19 heteroatoms. The third kappa shape index (κ3) is 9.07. The van der Waals surface area contributed by atoms with Gasteiger partial charge in [-0.2, -0.15) is 18.6 Å². The van der Waals surface area contributed by atoms with Gasteiger partial charge < -0.3 is 29.6 Å². The fourth-order valence-corrected chi connectivity index (χ4v) is 6.35. The number of nitrogens with zero attached hydrogens (tertiary/aromatic N) is 4. The first-order chi connectivity index (χ1) is 23.2. The first-order valence-electron chi connectivity index (χ1n) is 14.0. The molecular weight excluding hydrogens is 724 g/mol. The SMILES string of the molecule is COc1cc(N=Nc2ccc(-c3ccc(N=Nc4cc(S(=O)(=O)O)c5cccc(S(=O)(=O)[O-])c5c4[O-])c(OC)c3)cc2OC)c(C)cc1N.[Na+].[Na+]. The number of hydrogen-bond donors (Lipinski definition) is 2. The van der Waals surface area contributed by atoms with Gasteiger partial charge in [-0.05, 0) is 71.5 Å². The number of azo groups is 2. The number of hydrogen-bond acceptors (Lipinski definition) is 14. The monoisotopic (exact) mass is 751 g/mol. The summed E-state index contributed by atoms with van der Waals surface area (Å²) in [5, 5.41) is 28.6. The van der Waals surface area contributed by atoms with Crippen molar-refractivity contribution in [1.82, 2.24) is 0 Å². The Bertz CT molecular complexity index is 2410. The molecule has 5 rings (SSSR count). The minimum Gasteiger partial charge on any atom is -0.871 e. The summed E-state index contributed by atoms with van der Waals surface area (Å²) in [5.74, 6) is -0.0109. The van der Waals surface area contributed by atoms with Crippen LogP contribution in [-0.4, -0.2) is 47.3 Å². The predicted octanol–water partition coefficient (Wildman–Crippen LogP) is 0.486. The molecule has 0 aromatic heterocycles. The minimum atomic E-state index is -5.22. The topological polar surface area (TPSA) is 238 Å². The van der Waals surface area contributed by atoms with E-state index in [1.165, 1.54) is 27.4 Å². The van der Waals surface area contributed by atoms with Crippen molar-refractivity contribution in [2.75, 3.05) is 27.1 Å². The minimum absolute atomic E-state index is 0. The Morgan fingerprint density at radius 2 is 1.18 bits per heavy atom. The Morgan fingerprint density at radius 1 is 0.667 bits per heavy atom. The van der Waals surface area contributed by atoms with Gasteiger partial charge in [-0.15, -0.1) is 10.2 Å². The number of anilines is 1. The summed E-state index contributed by atoms with van der Waals surface area (Å²) >= 11 is 0. The summed E-state index contributed by atoms with van der Waals surface area (Å²) in [6.45, 7) is 1.84. The van der Waals surface area contributed by atoms with Crippen LogP contribution in [0.4, 0.5) is 28.4 Å². The quantitative estimate of drug-likeness (QED) is 0.0862. The zero-order valence-electron chi connectivity index (χ0n) is 28.2. The van der Waals surface area contributed by atoms with Crippen LogP contribution >= 0.6 is 0 Å². The third-order valence-electron chi connectivity index (χ3n) is 7.34. The van der Waals surface area contributed by atoms with Crippen LogP contribution in [0.3, 0.4) is 0 Å². The molecule has 0 amide bonds. The summed E-state index contributed by atoms with van der Waals surface area (Å²) in [6.07, 6.45) is 0. The normalized spacial score (nSPS) is 11.7. The van der Waals surface area contributed by atoms with Crippen LogP contribution in [0.15, 0.2) is 103 Å². The summed E-state index contributed by atoms with van der Waals surface area (Å²) in [6, 6.07) is 17.2. The van der Waals surface area contributed by atoms with E-state index in [2.05, 4.69) is 20.5 Å². The number of rotatable bonds is 10. The maximum atomic E-state index is 13.3. The molecule has 0 aliphatic heterocycles. The van der Waals surface area contributed by atoms with Gasteiger partial charge in [-0.25, -0.2) is 8.42 Å². The van der Waals surface area contributed by atoms with E-state index in [1.807, 2.05) is 6.92 Å². The molecule has 0 aliphatic rings. The average Bonchev–Trinajstić information content (AvgIpc) is 3.06. The van der Waals surface area contributed by atoms with Crippen molar-refractivity contribution in [3.05, 3.63) is 78.4 Å². The van der Waals surface area contributed by atoms with Crippen LogP contribution in [-0.2, 0) is 20.2 Å². The van der Waals surface area contributed by atoms with Crippen molar-refractivity contribution >= 4 is 59.4 Å². The fourth-order valence-electron chi connectivity index (χ4n) is 4.94. The smallest absolute Gasteiger partial charge is 0.871 e. The van der Waals surface area contributed by atoms with Crippen LogP contribution in [0, 0.1) is 6.92 Å². The molecule has 0 unspecified atom stereocenters. The van der Waals surface area contributed by atoms with E-state index in [9.17, 15) is 31.0 Å². The second-order valence-electron chi connectivity index (χ2n) is 10.4. The second kappa shape index (κ2) is 16.8. The van der Waals surface area contributed by atoms with Crippen molar-refractivity contribution in [1.29, 1.82) is 0 Å². The van der Waals surface area contributed by atoms with Crippen LogP contribution in [0.25, 0.3) is 21.9 Å². The molecule has 51 heavy (non-hydrogen) atoms. The molecule has 0 heterocycles. The van der Waals surface area contributed by atoms with Crippen LogP contribution < -0.4 is 84.2 Å². The van der Waals surface area contributed by atoms with Gasteiger partial charge >= 0.3 is 59.1 Å². The molecule has 0 fully saturated rings. The Balaban J connectivity index is 0.00000351. The van der Waals surface area contributed by atoms with E-state index in [1.54, 1.807) is 42.5 Å². The number of nitrogens with two attached hydrogens (primary N) is 1. The van der Waals surface area contributed by atoms with E-state index in [0.717, 1.165) is 29.8 Å². The number of nitrogen functional groups attached to an aromatic ring is 1. The van der Waals surface area contributed by atoms with Crippen molar-refractivity contribution < 1.29 is 104 Å². The van der Waals surface area contributed by atoms with Crippen molar-refractivity contribution in [3.8, 4) is 34.1 Å². The molecule has 254 valence electrons. The van der Waals surface area contributed by atoms with Gasteiger partial charge in [0.2, 0.25) is 0 Å². The van der Waals surface area contributed by atoms with Crippen LogP contribution in [0.1, 0.15) is 5.56 Å². The van der Waals surface area contributed by atoms with Gasteiger partial charge in [0, 0.05) is 11.5 Å². The number of fused-ring (bicyclic) bond motifs is 1. The standard InChI is InChI=1S/C32H29N5O10S2.2Na/c1-17-12-21(33)26(45-2)15-24(17)36-34-22-10-8-18(13-27(22)46-3)19-9-11-23(28(14-19)47-4)35-37-25-16-30(49(42,43)44)20-6-5-7-29(48(39,40)41)31(20)32(25)38;;/h5-16,38H,33H2,1-4H3,(H,39,40,41)(H,42,43,44);;/q;2*+1/p-2. The summed E-state index contributed by atoms with van der Waals surface area (Å²) < 4.78 is 86.0. The summed E-state index contributed by atoms with van der Waals surface area (Å²) in [7, 11) is -5.85. The van der Waals surface area contributed by atoms with Gasteiger partial charge in [-0.1, -0.05) is 30.0 Å². The second-order valence-corrected chi connectivity index (χ2v) is 13.1. The summed E-state index contributed by atoms with van der Waals surface area (Å²) in [4.78, 5) is -1.80. The number of methoxy groups -OCH3 is 3. The molecule has 0 radical (unpaired) electrons. The number of ether oxygens (including phenoxy) is 3.